The van der Waals surface area contributed by atoms with Crippen LogP contribution >= 0.6 is 0 Å². The zero-order valence-corrected chi connectivity index (χ0v) is 14.8. The van der Waals surface area contributed by atoms with Crippen LogP contribution in [0.25, 0.3) is 0 Å². The summed E-state index contributed by atoms with van der Waals surface area (Å²) in [5.74, 6) is -2.20. The number of likely N-dealkylation sites (tertiary alicyclic amines) is 1. The molecule has 1 heterocycles. The van der Waals surface area contributed by atoms with Gasteiger partial charge in [-0.1, -0.05) is 0 Å². The van der Waals surface area contributed by atoms with Crippen LogP contribution in [0.3, 0.4) is 0 Å². The number of piperidine rings is 1. The van der Waals surface area contributed by atoms with Crippen LogP contribution in [0.5, 0.6) is 0 Å². The molecule has 0 aromatic heterocycles. The molecule has 1 aliphatic rings. The van der Waals surface area contributed by atoms with Crippen LogP contribution in [0.4, 0.5) is 4.79 Å². The predicted octanol–water partition coefficient (Wildman–Crippen LogP) is 1.76. The maximum atomic E-state index is 12.4. The van der Waals surface area contributed by atoms with Gasteiger partial charge in [0.15, 0.2) is 0 Å². The van der Waals surface area contributed by atoms with E-state index in [1.165, 1.54) is 13.8 Å². The van der Waals surface area contributed by atoms with Gasteiger partial charge in [-0.25, -0.2) is 14.5 Å². The lowest BCUT2D eigenvalue weighted by molar-refractivity contribution is -0.572. The number of carbonyl (C=O) groups is 3. The summed E-state index contributed by atoms with van der Waals surface area (Å²) in [6.45, 7) is 7.67. The fourth-order valence-corrected chi connectivity index (χ4v) is 2.51. The maximum absolute atomic E-state index is 12.4. The molecule has 1 rings (SSSR count). The second-order valence-corrected chi connectivity index (χ2v) is 7.33. The number of rotatable bonds is 3. The first-order valence-corrected chi connectivity index (χ1v) is 7.58. The average Bonchev–Trinajstić information content (AvgIpc) is 2.43. The molecule has 24 heavy (non-hydrogen) atoms. The highest BCUT2D eigenvalue weighted by molar-refractivity contribution is 5.98. The third-order valence-electron chi connectivity index (χ3n) is 4.04. The molecule has 1 saturated heterocycles. The fourth-order valence-electron chi connectivity index (χ4n) is 2.51. The van der Waals surface area contributed by atoms with Crippen molar-refractivity contribution >= 4 is 18.0 Å². The van der Waals surface area contributed by atoms with Crippen LogP contribution in [0.2, 0.25) is 0 Å². The number of nitrogens with zero attached hydrogens (tertiary/aromatic N) is 2. The Morgan fingerprint density at radius 1 is 1.25 bits per heavy atom. The van der Waals surface area contributed by atoms with Gasteiger partial charge < -0.3 is 9.47 Å². The molecular weight excluding hydrogens is 320 g/mol. The van der Waals surface area contributed by atoms with E-state index in [-0.39, 0.29) is 12.8 Å². The van der Waals surface area contributed by atoms with Gasteiger partial charge in [-0.15, -0.1) is 0 Å². The summed E-state index contributed by atoms with van der Waals surface area (Å²) in [6.07, 6.45) is -1.23. The SMILES string of the molecule is COC(=O)[C@@H]1C[C@@H](C(C)(C)[N+](=O)[O-])CC(=O)N1C(=O)OC(C)(C)C. The van der Waals surface area contributed by atoms with E-state index < -0.39 is 46.0 Å². The van der Waals surface area contributed by atoms with Crippen molar-refractivity contribution in [3.63, 3.8) is 0 Å². The summed E-state index contributed by atoms with van der Waals surface area (Å²) in [5, 5.41) is 11.2. The molecule has 0 aliphatic carbocycles. The van der Waals surface area contributed by atoms with Gasteiger partial charge in [-0.3, -0.25) is 14.9 Å². The second-order valence-electron chi connectivity index (χ2n) is 7.33. The van der Waals surface area contributed by atoms with E-state index in [1.54, 1.807) is 20.8 Å². The second kappa shape index (κ2) is 6.74. The number of esters is 1. The standard InChI is InChI=1S/C15H24N2O7/c1-14(2,3)24-13(20)16-10(12(19)23-6)7-9(8-11(16)18)15(4,5)17(21)22/h9-10H,7-8H2,1-6H3/t9-,10+/m1/s1. The minimum atomic E-state index is -1.41. The van der Waals surface area contributed by atoms with Gasteiger partial charge in [-0.2, -0.15) is 0 Å². The zero-order chi connectivity index (χ0) is 18.9. The number of methoxy groups -OCH3 is 1. The summed E-state index contributed by atoms with van der Waals surface area (Å²) in [6, 6.07) is -1.24. The Morgan fingerprint density at radius 2 is 1.79 bits per heavy atom. The molecule has 0 N–H and O–H groups in total. The number of hydrogen-bond acceptors (Lipinski definition) is 7. The van der Waals surface area contributed by atoms with Gasteiger partial charge in [-0.05, 0) is 27.2 Å². The van der Waals surface area contributed by atoms with E-state index in [1.807, 2.05) is 0 Å². The normalized spacial score (nSPS) is 22.1. The topological polar surface area (TPSA) is 116 Å². The van der Waals surface area contributed by atoms with Gasteiger partial charge in [0.25, 0.3) is 0 Å². The number of hydrogen-bond donors (Lipinski definition) is 0. The Morgan fingerprint density at radius 3 is 2.21 bits per heavy atom. The first kappa shape index (κ1) is 19.9. The van der Waals surface area contributed by atoms with Crippen molar-refractivity contribution in [2.24, 2.45) is 5.92 Å². The van der Waals surface area contributed by atoms with Crippen LogP contribution in [-0.2, 0) is 19.1 Å². The predicted molar refractivity (Wildman–Crippen MR) is 82.7 cm³/mol. The lowest BCUT2D eigenvalue weighted by atomic mass is 9.77. The molecule has 1 fully saturated rings. The molecule has 2 atom stereocenters. The van der Waals surface area contributed by atoms with Crippen LogP contribution in [0, 0.1) is 16.0 Å². The van der Waals surface area contributed by atoms with Crippen molar-refractivity contribution in [2.45, 2.75) is 64.6 Å². The average molecular weight is 344 g/mol. The van der Waals surface area contributed by atoms with Crippen molar-refractivity contribution in [2.75, 3.05) is 7.11 Å². The minimum absolute atomic E-state index is 0.0500. The van der Waals surface area contributed by atoms with Crippen LogP contribution < -0.4 is 0 Å². The van der Waals surface area contributed by atoms with Gasteiger partial charge in [0, 0.05) is 31.1 Å². The van der Waals surface area contributed by atoms with Gasteiger partial charge in [0.2, 0.25) is 11.4 Å². The first-order valence-electron chi connectivity index (χ1n) is 7.58. The summed E-state index contributed by atoms with van der Waals surface area (Å²) in [7, 11) is 1.13. The summed E-state index contributed by atoms with van der Waals surface area (Å²) in [5.41, 5.74) is -2.27. The monoisotopic (exact) mass is 344 g/mol. The number of ether oxygens (including phenoxy) is 2. The Kier molecular flexibility index (Phi) is 5.58. The maximum Gasteiger partial charge on any atom is 0.417 e. The number of amides is 2. The van der Waals surface area contributed by atoms with Crippen molar-refractivity contribution in [3.8, 4) is 0 Å². The molecule has 136 valence electrons. The number of imide groups is 1. The number of nitro groups is 1. The summed E-state index contributed by atoms with van der Waals surface area (Å²) in [4.78, 5) is 48.2. The molecule has 0 bridgehead atoms. The molecule has 9 heteroatoms. The Labute approximate surface area is 140 Å². The van der Waals surface area contributed by atoms with Crippen LogP contribution in [-0.4, -0.2) is 52.1 Å². The summed E-state index contributed by atoms with van der Waals surface area (Å²) < 4.78 is 9.82. The van der Waals surface area contributed by atoms with E-state index in [4.69, 9.17) is 4.74 Å². The van der Waals surface area contributed by atoms with Crippen molar-refractivity contribution in [1.29, 1.82) is 0 Å². The lowest BCUT2D eigenvalue weighted by Gasteiger charge is -2.39. The van der Waals surface area contributed by atoms with E-state index in [0.717, 1.165) is 7.11 Å². The van der Waals surface area contributed by atoms with E-state index in [2.05, 4.69) is 4.74 Å². The van der Waals surface area contributed by atoms with E-state index >= 15 is 0 Å². The zero-order valence-electron chi connectivity index (χ0n) is 14.8. The molecule has 0 radical (unpaired) electrons. The fraction of sp³-hybridized carbons (Fsp3) is 0.800. The number of carbonyl (C=O) groups excluding carboxylic acids is 3. The van der Waals surface area contributed by atoms with Crippen LogP contribution in [0.1, 0.15) is 47.5 Å². The molecule has 2 amide bonds. The first-order chi connectivity index (χ1) is 10.8. The van der Waals surface area contributed by atoms with Crippen LogP contribution in [0.15, 0.2) is 0 Å². The van der Waals surface area contributed by atoms with Crippen molar-refractivity contribution < 1.29 is 28.8 Å². The third-order valence-corrected chi connectivity index (χ3v) is 4.04. The smallest absolute Gasteiger partial charge is 0.417 e. The highest BCUT2D eigenvalue weighted by Gasteiger charge is 2.52. The Hall–Kier alpha value is -2.19. The molecule has 0 unspecified atom stereocenters. The molecule has 0 spiro atoms. The highest BCUT2D eigenvalue weighted by atomic mass is 16.6. The highest BCUT2D eigenvalue weighted by Crippen LogP contribution is 2.35. The molecular formula is C15H24N2O7. The van der Waals surface area contributed by atoms with Crippen molar-refractivity contribution in [1.82, 2.24) is 4.90 Å². The molecule has 0 saturated carbocycles. The molecule has 1 aliphatic heterocycles. The lowest BCUT2D eigenvalue weighted by Crippen LogP contribution is -2.58. The minimum Gasteiger partial charge on any atom is -0.467 e. The van der Waals surface area contributed by atoms with Crippen molar-refractivity contribution in [3.05, 3.63) is 10.1 Å². The Balaban J connectivity index is 3.15. The van der Waals surface area contributed by atoms with E-state index in [0.29, 0.717) is 4.90 Å². The summed E-state index contributed by atoms with van der Waals surface area (Å²) >= 11 is 0. The van der Waals surface area contributed by atoms with Gasteiger partial charge in [0.05, 0.1) is 7.11 Å². The molecule has 0 aromatic carbocycles. The quantitative estimate of drug-likeness (QED) is 0.435. The molecule has 0 aromatic rings. The third kappa shape index (κ3) is 4.21. The van der Waals surface area contributed by atoms with Gasteiger partial charge in [0.1, 0.15) is 11.6 Å². The largest absolute Gasteiger partial charge is 0.467 e. The van der Waals surface area contributed by atoms with Gasteiger partial charge >= 0.3 is 12.1 Å². The molecule has 9 nitrogen and oxygen atoms in total. The van der Waals surface area contributed by atoms with E-state index in [9.17, 15) is 24.5 Å². The Bertz CT molecular complexity index is 551.